The number of nitrogens with one attached hydrogen (secondary N) is 2. The summed E-state index contributed by atoms with van der Waals surface area (Å²) in [6.07, 6.45) is 0.893. The maximum atomic E-state index is 5.49. The van der Waals surface area contributed by atoms with Crippen LogP contribution in [0.15, 0.2) is 6.07 Å². The fourth-order valence-electron chi connectivity index (χ4n) is 1.50. The van der Waals surface area contributed by atoms with Gasteiger partial charge in [0.25, 0.3) is 0 Å². The lowest BCUT2D eigenvalue weighted by Crippen LogP contribution is -2.42. The van der Waals surface area contributed by atoms with Crippen molar-refractivity contribution in [1.29, 1.82) is 0 Å². The number of aromatic amines is 1. The van der Waals surface area contributed by atoms with Crippen LogP contribution in [-0.2, 0) is 11.2 Å². The lowest BCUT2D eigenvalue weighted by molar-refractivity contribution is 0.0767. The summed E-state index contributed by atoms with van der Waals surface area (Å²) in [4.78, 5) is 0. The molecule has 0 aromatic carbocycles. The number of ether oxygens (including phenoxy) is 1. The predicted octanol–water partition coefficient (Wildman–Crippen LogP) is -0.477. The second kappa shape index (κ2) is 3.76. The molecule has 5 nitrogen and oxygen atoms in total. The first-order chi connectivity index (χ1) is 6.34. The molecule has 0 bridgehead atoms. The fourth-order valence-corrected chi connectivity index (χ4v) is 1.50. The average molecular weight is 182 g/mol. The summed E-state index contributed by atoms with van der Waals surface area (Å²) >= 11 is 0. The third-order valence-electron chi connectivity index (χ3n) is 2.12. The summed E-state index contributed by atoms with van der Waals surface area (Å²) in [6, 6.07) is 2.24. The van der Waals surface area contributed by atoms with E-state index in [1.54, 1.807) is 0 Å². The van der Waals surface area contributed by atoms with Gasteiger partial charge >= 0.3 is 0 Å². The van der Waals surface area contributed by atoms with Gasteiger partial charge in [-0.15, -0.1) is 0 Å². The third kappa shape index (κ3) is 2.19. The molecule has 0 spiro atoms. The van der Waals surface area contributed by atoms with Gasteiger partial charge in [0.1, 0.15) is 5.82 Å². The predicted molar refractivity (Wildman–Crippen MR) is 49.3 cm³/mol. The van der Waals surface area contributed by atoms with Crippen LogP contribution in [0.1, 0.15) is 5.69 Å². The zero-order valence-corrected chi connectivity index (χ0v) is 7.42. The maximum Gasteiger partial charge on any atom is 0.145 e. The molecule has 0 radical (unpaired) electrons. The van der Waals surface area contributed by atoms with Gasteiger partial charge in [-0.3, -0.25) is 5.10 Å². The van der Waals surface area contributed by atoms with E-state index in [1.165, 1.54) is 0 Å². The number of rotatable bonds is 2. The first-order valence-corrected chi connectivity index (χ1v) is 4.45. The largest absolute Gasteiger partial charge is 0.382 e. The molecule has 1 aromatic heterocycles. The Labute approximate surface area is 76.7 Å². The Morgan fingerprint density at radius 3 is 3.23 bits per heavy atom. The number of aromatic nitrogens is 2. The van der Waals surface area contributed by atoms with E-state index in [-0.39, 0.29) is 0 Å². The third-order valence-corrected chi connectivity index (χ3v) is 2.12. The number of nitrogens with zero attached hydrogens (tertiary/aromatic N) is 1. The first kappa shape index (κ1) is 8.52. The van der Waals surface area contributed by atoms with E-state index in [1.807, 2.05) is 6.07 Å². The van der Waals surface area contributed by atoms with Crippen molar-refractivity contribution in [2.45, 2.75) is 12.5 Å². The fraction of sp³-hybridized carbons (Fsp3) is 0.625. The van der Waals surface area contributed by atoms with E-state index >= 15 is 0 Å². The minimum Gasteiger partial charge on any atom is -0.382 e. The summed E-state index contributed by atoms with van der Waals surface area (Å²) in [5.74, 6) is 0.548. The highest BCUT2D eigenvalue weighted by Crippen LogP contribution is 2.05. The second-order valence-corrected chi connectivity index (χ2v) is 3.25. The van der Waals surface area contributed by atoms with Crippen molar-refractivity contribution in [3.8, 4) is 0 Å². The summed E-state index contributed by atoms with van der Waals surface area (Å²) in [5, 5.41) is 10.1. The first-order valence-electron chi connectivity index (χ1n) is 4.45. The van der Waals surface area contributed by atoms with Crippen molar-refractivity contribution in [3.05, 3.63) is 11.8 Å². The SMILES string of the molecule is Nc1cc(CC2COCCN2)[nH]n1. The van der Waals surface area contributed by atoms with Crippen LogP contribution >= 0.6 is 0 Å². The molecule has 1 aromatic rings. The number of hydrogen-bond donors (Lipinski definition) is 3. The molecule has 1 aliphatic rings. The van der Waals surface area contributed by atoms with Gasteiger partial charge < -0.3 is 15.8 Å². The molecular weight excluding hydrogens is 168 g/mol. The number of hydrogen-bond acceptors (Lipinski definition) is 4. The van der Waals surface area contributed by atoms with Crippen LogP contribution in [0.2, 0.25) is 0 Å². The van der Waals surface area contributed by atoms with Crippen LogP contribution in [0.4, 0.5) is 5.82 Å². The maximum absolute atomic E-state index is 5.49. The average Bonchev–Trinajstić information content (AvgIpc) is 2.53. The van der Waals surface area contributed by atoms with Gasteiger partial charge in [-0.25, -0.2) is 0 Å². The Morgan fingerprint density at radius 1 is 1.69 bits per heavy atom. The smallest absolute Gasteiger partial charge is 0.145 e. The van der Waals surface area contributed by atoms with Crippen LogP contribution in [0.25, 0.3) is 0 Å². The Morgan fingerprint density at radius 2 is 2.62 bits per heavy atom. The van der Waals surface area contributed by atoms with Crippen molar-refractivity contribution in [3.63, 3.8) is 0 Å². The normalized spacial score (nSPS) is 23.2. The molecule has 1 aliphatic heterocycles. The van der Waals surface area contributed by atoms with E-state index in [0.29, 0.717) is 11.9 Å². The molecule has 2 heterocycles. The van der Waals surface area contributed by atoms with Crippen LogP contribution in [0.3, 0.4) is 0 Å². The summed E-state index contributed by atoms with van der Waals surface area (Å²) < 4.78 is 5.33. The summed E-state index contributed by atoms with van der Waals surface area (Å²) in [5.41, 5.74) is 6.55. The minimum atomic E-state index is 0.383. The number of H-pyrrole nitrogens is 1. The van der Waals surface area contributed by atoms with Crippen LogP contribution < -0.4 is 11.1 Å². The number of anilines is 1. The molecule has 1 unspecified atom stereocenters. The molecule has 4 N–H and O–H groups in total. The van der Waals surface area contributed by atoms with E-state index in [9.17, 15) is 0 Å². The molecular formula is C8H14N4O. The van der Waals surface area contributed by atoms with E-state index < -0.39 is 0 Å². The van der Waals surface area contributed by atoms with Crippen LogP contribution in [0.5, 0.6) is 0 Å². The van der Waals surface area contributed by atoms with Gasteiger partial charge in [0.2, 0.25) is 0 Å². The Balaban J connectivity index is 1.89. The molecule has 1 fully saturated rings. The number of nitrogens with two attached hydrogens (primary N) is 1. The molecule has 0 saturated carbocycles. The highest BCUT2D eigenvalue weighted by molar-refractivity contribution is 5.28. The van der Waals surface area contributed by atoms with Crippen molar-refractivity contribution in [2.24, 2.45) is 0 Å². The van der Waals surface area contributed by atoms with Gasteiger partial charge in [-0.2, -0.15) is 5.10 Å². The van der Waals surface area contributed by atoms with E-state index in [2.05, 4.69) is 15.5 Å². The van der Waals surface area contributed by atoms with E-state index in [4.69, 9.17) is 10.5 Å². The van der Waals surface area contributed by atoms with Crippen molar-refractivity contribution in [1.82, 2.24) is 15.5 Å². The summed E-state index contributed by atoms with van der Waals surface area (Å²) in [7, 11) is 0. The molecule has 5 heteroatoms. The van der Waals surface area contributed by atoms with Crippen molar-refractivity contribution < 1.29 is 4.74 Å². The molecule has 1 atom stereocenters. The quantitative estimate of drug-likeness (QED) is 0.577. The molecule has 72 valence electrons. The second-order valence-electron chi connectivity index (χ2n) is 3.25. The zero-order valence-electron chi connectivity index (χ0n) is 7.42. The Hall–Kier alpha value is -1.07. The summed E-state index contributed by atoms with van der Waals surface area (Å²) in [6.45, 7) is 2.49. The van der Waals surface area contributed by atoms with E-state index in [0.717, 1.165) is 31.9 Å². The van der Waals surface area contributed by atoms with Gasteiger partial charge in [-0.05, 0) is 0 Å². The Bertz CT molecular complexity index is 267. The standard InChI is InChI=1S/C8H14N4O/c9-8-4-6(11-12-8)3-7-5-13-2-1-10-7/h4,7,10H,1-3,5H2,(H3,9,11,12). The monoisotopic (exact) mass is 182 g/mol. The van der Waals surface area contributed by atoms with Gasteiger partial charge in [0.15, 0.2) is 0 Å². The zero-order chi connectivity index (χ0) is 9.10. The van der Waals surface area contributed by atoms with Gasteiger partial charge in [0, 0.05) is 30.8 Å². The van der Waals surface area contributed by atoms with Gasteiger partial charge in [-0.1, -0.05) is 0 Å². The Kier molecular flexibility index (Phi) is 2.47. The molecule has 13 heavy (non-hydrogen) atoms. The minimum absolute atomic E-state index is 0.383. The lowest BCUT2D eigenvalue weighted by Gasteiger charge is -2.22. The highest BCUT2D eigenvalue weighted by atomic mass is 16.5. The van der Waals surface area contributed by atoms with Crippen LogP contribution in [0, 0.1) is 0 Å². The van der Waals surface area contributed by atoms with Gasteiger partial charge in [0.05, 0.1) is 13.2 Å². The van der Waals surface area contributed by atoms with Crippen LogP contribution in [-0.4, -0.2) is 36.0 Å². The molecule has 0 amide bonds. The lowest BCUT2D eigenvalue weighted by atomic mass is 10.1. The topological polar surface area (TPSA) is 76.0 Å². The molecule has 1 saturated heterocycles. The van der Waals surface area contributed by atoms with Crippen molar-refractivity contribution >= 4 is 5.82 Å². The number of nitrogen functional groups attached to an aromatic ring is 1. The highest BCUT2D eigenvalue weighted by Gasteiger charge is 2.14. The van der Waals surface area contributed by atoms with Crippen molar-refractivity contribution in [2.75, 3.05) is 25.5 Å². The molecule has 0 aliphatic carbocycles. The number of morpholine rings is 1. The molecule has 2 rings (SSSR count).